The molecule has 0 radical (unpaired) electrons. The van der Waals surface area contributed by atoms with Crippen molar-refractivity contribution in [3.63, 3.8) is 0 Å². The van der Waals surface area contributed by atoms with E-state index in [1.54, 1.807) is 0 Å². The molecule has 1 atom stereocenters. The lowest BCUT2D eigenvalue weighted by Crippen LogP contribution is -2.45. The second-order valence-corrected chi connectivity index (χ2v) is 9.71. The van der Waals surface area contributed by atoms with E-state index in [1.807, 2.05) is 12.1 Å². The van der Waals surface area contributed by atoms with Gasteiger partial charge in [-0.15, -0.1) is 17.0 Å². The maximum Gasteiger partial charge on any atom is 0.251 e. The number of amides is 1. The molecular formula is C27H37BrN4O2. The second kappa shape index (κ2) is 11.1. The highest BCUT2D eigenvalue weighted by molar-refractivity contribution is 8.93. The van der Waals surface area contributed by atoms with Crippen LogP contribution >= 0.6 is 17.0 Å². The number of hydrogen-bond donors (Lipinski definition) is 1. The molecular weight excluding hydrogens is 492 g/mol. The summed E-state index contributed by atoms with van der Waals surface area (Å²) < 4.78 is 5.44. The zero-order valence-electron chi connectivity index (χ0n) is 20.4. The number of carbonyl (C=O) groups excluding carboxylic acids is 1. The van der Waals surface area contributed by atoms with Gasteiger partial charge in [-0.05, 0) is 80.3 Å². The van der Waals surface area contributed by atoms with E-state index in [-0.39, 0.29) is 28.9 Å². The van der Waals surface area contributed by atoms with Gasteiger partial charge in [-0.25, -0.2) is 0 Å². The van der Waals surface area contributed by atoms with Crippen molar-refractivity contribution in [1.29, 1.82) is 0 Å². The smallest absolute Gasteiger partial charge is 0.251 e. The van der Waals surface area contributed by atoms with Gasteiger partial charge in [0.2, 0.25) is 0 Å². The molecule has 34 heavy (non-hydrogen) atoms. The Morgan fingerprint density at radius 2 is 1.62 bits per heavy atom. The van der Waals surface area contributed by atoms with Crippen molar-refractivity contribution >= 4 is 34.3 Å². The zero-order chi connectivity index (χ0) is 22.8. The lowest BCUT2D eigenvalue weighted by atomic mass is 9.84. The predicted molar refractivity (Wildman–Crippen MR) is 144 cm³/mol. The SMILES string of the molecule is Br.Cc1ccc(N2CCN(C)CC2)c2c1CCC(NC(=O)c1ccc(N3CCOCC3)cc1)C2. The van der Waals surface area contributed by atoms with E-state index >= 15 is 0 Å². The van der Waals surface area contributed by atoms with Crippen LogP contribution in [0.25, 0.3) is 0 Å². The maximum absolute atomic E-state index is 13.0. The van der Waals surface area contributed by atoms with Gasteiger partial charge in [0.05, 0.1) is 13.2 Å². The summed E-state index contributed by atoms with van der Waals surface area (Å²) in [6, 6.07) is 12.8. The predicted octanol–water partition coefficient (Wildman–Crippen LogP) is 3.45. The van der Waals surface area contributed by atoms with Gasteiger partial charge in [0.1, 0.15) is 0 Å². The topological polar surface area (TPSA) is 48.0 Å². The molecule has 5 rings (SSSR count). The quantitative estimate of drug-likeness (QED) is 0.658. The zero-order valence-corrected chi connectivity index (χ0v) is 22.1. The molecule has 2 aromatic rings. The summed E-state index contributed by atoms with van der Waals surface area (Å²) in [7, 11) is 2.20. The molecule has 3 aliphatic rings. The third-order valence-electron chi connectivity index (χ3n) is 7.52. The Kier molecular flexibility index (Phi) is 8.17. The molecule has 2 heterocycles. The Morgan fingerprint density at radius 3 is 2.32 bits per heavy atom. The molecule has 6 nitrogen and oxygen atoms in total. The molecule has 1 N–H and O–H groups in total. The highest BCUT2D eigenvalue weighted by Crippen LogP contribution is 2.33. The molecule has 2 saturated heterocycles. The number of hydrogen-bond acceptors (Lipinski definition) is 5. The van der Waals surface area contributed by atoms with Gasteiger partial charge in [-0.1, -0.05) is 6.07 Å². The van der Waals surface area contributed by atoms with E-state index in [9.17, 15) is 4.79 Å². The Bertz CT molecular complexity index is 983. The molecule has 7 heteroatoms. The van der Waals surface area contributed by atoms with Crippen LogP contribution in [0.15, 0.2) is 36.4 Å². The first-order valence-electron chi connectivity index (χ1n) is 12.4. The Morgan fingerprint density at radius 1 is 0.912 bits per heavy atom. The number of carbonyl (C=O) groups is 1. The number of nitrogens with one attached hydrogen (secondary N) is 1. The summed E-state index contributed by atoms with van der Waals surface area (Å²) in [6.45, 7) is 9.90. The number of fused-ring (bicyclic) bond motifs is 1. The van der Waals surface area contributed by atoms with Crippen LogP contribution in [0.1, 0.15) is 33.5 Å². The van der Waals surface area contributed by atoms with Crippen molar-refractivity contribution in [3.05, 3.63) is 58.7 Å². The van der Waals surface area contributed by atoms with Gasteiger partial charge in [-0.2, -0.15) is 0 Å². The van der Waals surface area contributed by atoms with Crippen molar-refractivity contribution in [3.8, 4) is 0 Å². The van der Waals surface area contributed by atoms with Crippen LogP contribution in [-0.4, -0.2) is 76.4 Å². The summed E-state index contributed by atoms with van der Waals surface area (Å²) >= 11 is 0. The van der Waals surface area contributed by atoms with Crippen LogP contribution < -0.4 is 15.1 Å². The Labute approximate surface area is 214 Å². The fourth-order valence-electron chi connectivity index (χ4n) is 5.42. The van der Waals surface area contributed by atoms with E-state index < -0.39 is 0 Å². The second-order valence-electron chi connectivity index (χ2n) is 9.71. The molecule has 0 bridgehead atoms. The monoisotopic (exact) mass is 528 g/mol. The highest BCUT2D eigenvalue weighted by atomic mass is 79.9. The number of morpholine rings is 1. The van der Waals surface area contributed by atoms with Crippen molar-refractivity contribution in [1.82, 2.24) is 10.2 Å². The fraction of sp³-hybridized carbons (Fsp3) is 0.519. The van der Waals surface area contributed by atoms with Crippen LogP contribution in [0.5, 0.6) is 0 Å². The minimum absolute atomic E-state index is 0. The summed E-state index contributed by atoms with van der Waals surface area (Å²) in [6.07, 6.45) is 2.94. The minimum atomic E-state index is 0. The summed E-state index contributed by atoms with van der Waals surface area (Å²) in [5, 5.41) is 3.33. The average Bonchev–Trinajstić information content (AvgIpc) is 2.86. The van der Waals surface area contributed by atoms with E-state index in [4.69, 9.17) is 4.74 Å². The van der Waals surface area contributed by atoms with E-state index in [1.165, 1.54) is 22.4 Å². The normalized spacial score (nSPS) is 20.9. The summed E-state index contributed by atoms with van der Waals surface area (Å²) in [5.41, 5.74) is 7.59. The highest BCUT2D eigenvalue weighted by Gasteiger charge is 2.27. The molecule has 2 fully saturated rings. The van der Waals surface area contributed by atoms with Gasteiger partial charge in [-0.3, -0.25) is 4.79 Å². The van der Waals surface area contributed by atoms with Crippen molar-refractivity contribution in [2.45, 2.75) is 32.2 Å². The van der Waals surface area contributed by atoms with Crippen LogP contribution in [0.2, 0.25) is 0 Å². The number of piperazine rings is 1. The number of halogens is 1. The van der Waals surface area contributed by atoms with Crippen molar-refractivity contribution in [2.24, 2.45) is 0 Å². The molecule has 0 aromatic heterocycles. The van der Waals surface area contributed by atoms with Gasteiger partial charge in [0.25, 0.3) is 5.91 Å². The van der Waals surface area contributed by atoms with Crippen LogP contribution in [-0.2, 0) is 17.6 Å². The molecule has 184 valence electrons. The summed E-state index contributed by atoms with van der Waals surface area (Å²) in [5.74, 6) is 0.0331. The van der Waals surface area contributed by atoms with Gasteiger partial charge in [0, 0.05) is 62.2 Å². The standard InChI is InChI=1S/C27H36N4O2.BrH/c1-20-3-10-26(31-13-11-29(2)12-14-31)25-19-22(6-9-24(20)25)28-27(32)21-4-7-23(8-5-21)30-15-17-33-18-16-30;/h3-5,7-8,10,22H,6,9,11-19H2,1-2H3,(H,28,32);1H. The van der Waals surface area contributed by atoms with Crippen molar-refractivity contribution < 1.29 is 9.53 Å². The lowest BCUT2D eigenvalue weighted by molar-refractivity contribution is 0.0933. The van der Waals surface area contributed by atoms with Crippen LogP contribution in [0.4, 0.5) is 11.4 Å². The molecule has 1 aliphatic carbocycles. The number of ether oxygens (including phenoxy) is 1. The molecule has 1 amide bonds. The maximum atomic E-state index is 13.0. The van der Waals surface area contributed by atoms with Gasteiger partial charge in [0.15, 0.2) is 0 Å². The third-order valence-corrected chi connectivity index (χ3v) is 7.52. The fourth-order valence-corrected chi connectivity index (χ4v) is 5.42. The summed E-state index contributed by atoms with van der Waals surface area (Å²) in [4.78, 5) is 20.3. The van der Waals surface area contributed by atoms with Gasteiger partial charge >= 0.3 is 0 Å². The number of rotatable bonds is 4. The first-order valence-corrected chi connectivity index (χ1v) is 12.4. The third kappa shape index (κ3) is 5.42. The lowest BCUT2D eigenvalue weighted by Gasteiger charge is -2.37. The number of likely N-dealkylation sites (N-methyl/N-ethyl adjacent to an activating group) is 1. The Balaban J connectivity index is 0.00000274. The number of benzene rings is 2. The van der Waals surface area contributed by atoms with Crippen LogP contribution in [0.3, 0.4) is 0 Å². The van der Waals surface area contributed by atoms with E-state index in [0.29, 0.717) is 0 Å². The average molecular weight is 530 g/mol. The number of anilines is 2. The number of nitrogens with zero attached hydrogens (tertiary/aromatic N) is 3. The van der Waals surface area contributed by atoms with E-state index in [2.05, 4.69) is 58.3 Å². The largest absolute Gasteiger partial charge is 0.378 e. The molecule has 0 saturated carbocycles. The van der Waals surface area contributed by atoms with Crippen LogP contribution in [0, 0.1) is 6.92 Å². The van der Waals surface area contributed by atoms with Gasteiger partial charge < -0.3 is 24.8 Å². The molecule has 0 spiro atoms. The molecule has 2 aromatic carbocycles. The first kappa shape index (κ1) is 25.0. The molecule has 1 unspecified atom stereocenters. The molecule has 2 aliphatic heterocycles. The van der Waals surface area contributed by atoms with E-state index in [0.717, 1.165) is 83.0 Å². The first-order chi connectivity index (χ1) is 16.1. The number of aryl methyl sites for hydroxylation is 1. The minimum Gasteiger partial charge on any atom is -0.378 e. The van der Waals surface area contributed by atoms with Crippen molar-refractivity contribution in [2.75, 3.05) is 69.3 Å². The Hall–Kier alpha value is -2.09.